The Morgan fingerprint density at radius 3 is 2.63 bits per heavy atom. The molecule has 1 aromatic carbocycles. The van der Waals surface area contributed by atoms with Crippen LogP contribution in [0.2, 0.25) is 5.02 Å². The Labute approximate surface area is 119 Å². The van der Waals surface area contributed by atoms with Gasteiger partial charge in [-0.25, -0.2) is 0 Å². The summed E-state index contributed by atoms with van der Waals surface area (Å²) in [4.78, 5) is 0. The van der Waals surface area contributed by atoms with Crippen LogP contribution in [0.15, 0.2) is 12.1 Å². The summed E-state index contributed by atoms with van der Waals surface area (Å²) in [6.07, 6.45) is 0.602. The molecule has 0 aromatic heterocycles. The molecule has 0 heterocycles. The maximum Gasteiger partial charge on any atom is 0.179 e. The predicted molar refractivity (Wildman–Crippen MR) is 77.2 cm³/mol. The van der Waals surface area contributed by atoms with E-state index in [0.717, 1.165) is 5.56 Å². The van der Waals surface area contributed by atoms with E-state index in [4.69, 9.17) is 21.1 Å². The zero-order valence-corrected chi connectivity index (χ0v) is 12.7. The van der Waals surface area contributed by atoms with Gasteiger partial charge in [-0.2, -0.15) is 0 Å². The van der Waals surface area contributed by atoms with Gasteiger partial charge < -0.3 is 19.9 Å². The van der Waals surface area contributed by atoms with Gasteiger partial charge in [-0.1, -0.05) is 18.5 Å². The number of halogens is 1. The number of methoxy groups -OCH3 is 1. The van der Waals surface area contributed by atoms with Crippen LogP contribution in [0.5, 0.6) is 11.5 Å². The molecule has 0 saturated heterocycles. The lowest BCUT2D eigenvalue weighted by molar-refractivity contribution is 0.00779. The summed E-state index contributed by atoms with van der Waals surface area (Å²) in [5.41, 5.74) is 0.136. The maximum atomic E-state index is 9.96. The average molecular weight is 288 g/mol. The second-order valence-electron chi connectivity index (χ2n) is 4.78. The summed E-state index contributed by atoms with van der Waals surface area (Å²) in [6, 6.07) is 3.70. The van der Waals surface area contributed by atoms with E-state index in [0.29, 0.717) is 29.5 Å². The Morgan fingerprint density at radius 1 is 1.42 bits per heavy atom. The van der Waals surface area contributed by atoms with Crippen molar-refractivity contribution in [1.29, 1.82) is 0 Å². The molecular formula is C14H22ClNO3. The van der Waals surface area contributed by atoms with Crippen LogP contribution in [0.25, 0.3) is 0 Å². The molecule has 0 aliphatic rings. The van der Waals surface area contributed by atoms with Gasteiger partial charge in [-0.3, -0.25) is 0 Å². The van der Waals surface area contributed by atoms with Crippen LogP contribution in [0, 0.1) is 0 Å². The molecule has 0 saturated carbocycles. The fourth-order valence-electron chi connectivity index (χ4n) is 1.55. The fraction of sp³-hybridized carbons (Fsp3) is 0.571. The van der Waals surface area contributed by atoms with Crippen LogP contribution in [0.3, 0.4) is 0 Å². The van der Waals surface area contributed by atoms with Gasteiger partial charge >= 0.3 is 0 Å². The number of benzene rings is 1. The van der Waals surface area contributed by atoms with Crippen LogP contribution in [0.1, 0.15) is 25.8 Å². The lowest BCUT2D eigenvalue weighted by atomic mass is 10.1. The van der Waals surface area contributed by atoms with Crippen LogP contribution in [-0.2, 0) is 6.54 Å². The molecule has 0 radical (unpaired) electrons. The van der Waals surface area contributed by atoms with Gasteiger partial charge in [0.25, 0.3) is 0 Å². The van der Waals surface area contributed by atoms with Gasteiger partial charge in [0.15, 0.2) is 11.5 Å². The first-order chi connectivity index (χ1) is 8.93. The molecule has 0 bridgehead atoms. The highest BCUT2D eigenvalue weighted by Gasteiger charge is 2.21. The summed E-state index contributed by atoms with van der Waals surface area (Å²) >= 11 is 6.21. The summed E-state index contributed by atoms with van der Waals surface area (Å²) in [6.45, 7) is 4.49. The molecule has 0 fully saturated rings. The normalized spacial score (nSPS) is 14.0. The molecular weight excluding hydrogens is 266 g/mol. The minimum absolute atomic E-state index is 0.172. The molecule has 0 aliphatic carbocycles. The maximum absolute atomic E-state index is 9.96. The van der Waals surface area contributed by atoms with Crippen LogP contribution < -0.4 is 14.8 Å². The highest BCUT2D eigenvalue weighted by molar-refractivity contribution is 6.32. The summed E-state index contributed by atoms with van der Waals surface area (Å²) in [7, 11) is 3.43. The molecule has 2 N–H and O–H groups in total. The van der Waals surface area contributed by atoms with Gasteiger partial charge in [-0.15, -0.1) is 0 Å². The Bertz CT molecular complexity index is 421. The third kappa shape index (κ3) is 4.56. The van der Waals surface area contributed by atoms with Crippen molar-refractivity contribution in [3.05, 3.63) is 22.7 Å². The molecule has 1 atom stereocenters. The molecule has 1 rings (SSSR count). The van der Waals surface area contributed by atoms with Crippen molar-refractivity contribution in [2.45, 2.75) is 32.4 Å². The van der Waals surface area contributed by atoms with E-state index in [1.807, 2.05) is 26.1 Å². The van der Waals surface area contributed by atoms with Crippen molar-refractivity contribution in [3.63, 3.8) is 0 Å². The second-order valence-corrected chi connectivity index (χ2v) is 5.19. The van der Waals surface area contributed by atoms with E-state index in [9.17, 15) is 5.11 Å². The minimum atomic E-state index is -0.877. The first-order valence-electron chi connectivity index (χ1n) is 6.29. The zero-order valence-electron chi connectivity index (χ0n) is 11.9. The van der Waals surface area contributed by atoms with Gasteiger partial charge in [0, 0.05) is 6.54 Å². The molecule has 1 unspecified atom stereocenters. The van der Waals surface area contributed by atoms with Gasteiger partial charge in [0.2, 0.25) is 0 Å². The molecule has 108 valence electrons. The van der Waals surface area contributed by atoms with Gasteiger partial charge in [-0.05, 0) is 38.1 Å². The van der Waals surface area contributed by atoms with Gasteiger partial charge in [0.1, 0.15) is 6.61 Å². The number of nitrogens with one attached hydrogen (secondary N) is 1. The zero-order chi connectivity index (χ0) is 14.5. The number of ether oxygens (including phenoxy) is 2. The molecule has 1 aromatic rings. The van der Waals surface area contributed by atoms with Crippen molar-refractivity contribution in [3.8, 4) is 11.5 Å². The monoisotopic (exact) mass is 287 g/mol. The lowest BCUT2D eigenvalue weighted by Gasteiger charge is -2.23. The highest BCUT2D eigenvalue weighted by Crippen LogP contribution is 2.37. The molecule has 5 heteroatoms. The molecule has 0 spiro atoms. The number of hydrogen-bond acceptors (Lipinski definition) is 4. The Hall–Kier alpha value is -0.970. The van der Waals surface area contributed by atoms with Crippen LogP contribution in [-0.4, -0.2) is 31.5 Å². The number of rotatable bonds is 7. The predicted octanol–water partition coefficient (Wildman–Crippen LogP) is 2.61. The standard InChI is InChI=1S/C14H22ClNO3/c1-5-14(2,17)9-19-13-11(15)6-10(8-16-3)7-12(13)18-4/h6-7,16-17H,5,8-9H2,1-4H3. The average Bonchev–Trinajstić information content (AvgIpc) is 2.37. The SMILES string of the molecule is CCC(C)(O)COc1c(Cl)cc(CNC)cc1OC. The van der Waals surface area contributed by atoms with E-state index >= 15 is 0 Å². The van der Waals surface area contributed by atoms with Crippen molar-refractivity contribution < 1.29 is 14.6 Å². The van der Waals surface area contributed by atoms with E-state index in [1.165, 1.54) is 0 Å². The van der Waals surface area contributed by atoms with Crippen molar-refractivity contribution in [1.82, 2.24) is 5.32 Å². The van der Waals surface area contributed by atoms with E-state index in [1.54, 1.807) is 14.0 Å². The van der Waals surface area contributed by atoms with E-state index in [2.05, 4.69) is 5.32 Å². The molecule has 4 nitrogen and oxygen atoms in total. The molecule has 0 amide bonds. The Balaban J connectivity index is 2.94. The van der Waals surface area contributed by atoms with Gasteiger partial charge in [0.05, 0.1) is 17.7 Å². The topological polar surface area (TPSA) is 50.7 Å². The second kappa shape index (κ2) is 6.98. The Kier molecular flexibility index (Phi) is 5.91. The first-order valence-corrected chi connectivity index (χ1v) is 6.67. The fourth-order valence-corrected chi connectivity index (χ4v) is 1.84. The summed E-state index contributed by atoms with van der Waals surface area (Å²) < 4.78 is 10.9. The summed E-state index contributed by atoms with van der Waals surface area (Å²) in [5.74, 6) is 1.04. The number of aliphatic hydroxyl groups is 1. The molecule has 0 aliphatic heterocycles. The van der Waals surface area contributed by atoms with Crippen molar-refractivity contribution >= 4 is 11.6 Å². The van der Waals surface area contributed by atoms with E-state index in [-0.39, 0.29) is 6.61 Å². The van der Waals surface area contributed by atoms with Crippen LogP contribution >= 0.6 is 11.6 Å². The number of hydrogen-bond donors (Lipinski definition) is 2. The first kappa shape index (κ1) is 16.1. The van der Waals surface area contributed by atoms with Crippen LogP contribution in [0.4, 0.5) is 0 Å². The minimum Gasteiger partial charge on any atom is -0.493 e. The quantitative estimate of drug-likeness (QED) is 0.809. The van der Waals surface area contributed by atoms with Crippen molar-refractivity contribution in [2.24, 2.45) is 0 Å². The Morgan fingerprint density at radius 2 is 2.11 bits per heavy atom. The lowest BCUT2D eigenvalue weighted by Crippen LogP contribution is -2.31. The largest absolute Gasteiger partial charge is 0.493 e. The smallest absolute Gasteiger partial charge is 0.179 e. The summed E-state index contributed by atoms with van der Waals surface area (Å²) in [5, 5.41) is 13.5. The van der Waals surface area contributed by atoms with E-state index < -0.39 is 5.60 Å². The highest BCUT2D eigenvalue weighted by atomic mass is 35.5. The van der Waals surface area contributed by atoms with Crippen molar-refractivity contribution in [2.75, 3.05) is 20.8 Å². The molecule has 19 heavy (non-hydrogen) atoms. The third-order valence-corrected chi connectivity index (χ3v) is 3.24. The third-order valence-electron chi connectivity index (χ3n) is 2.96.